The quantitative estimate of drug-likeness (QED) is 0.761. The number of rotatable bonds is 3. The van der Waals surface area contributed by atoms with Crippen molar-refractivity contribution in [3.8, 4) is 6.01 Å². The van der Waals surface area contributed by atoms with E-state index in [1.807, 2.05) is 29.7 Å². The Hall–Kier alpha value is -1.84. The Labute approximate surface area is 88.5 Å². The second kappa shape index (κ2) is 4.13. The summed E-state index contributed by atoms with van der Waals surface area (Å²) in [5.74, 6) is 0.857. The highest BCUT2D eigenvalue weighted by atomic mass is 16.5. The Balaban J connectivity index is 2.27. The van der Waals surface area contributed by atoms with Gasteiger partial charge in [-0.15, -0.1) is 5.10 Å². The summed E-state index contributed by atoms with van der Waals surface area (Å²) in [7, 11) is 1.60. The largest absolute Gasteiger partial charge is 0.467 e. The van der Waals surface area contributed by atoms with Crippen molar-refractivity contribution in [2.24, 2.45) is 0 Å². The van der Waals surface area contributed by atoms with Crippen molar-refractivity contribution in [2.45, 2.75) is 13.5 Å². The first-order chi connectivity index (χ1) is 7.31. The van der Waals surface area contributed by atoms with Crippen molar-refractivity contribution in [3.05, 3.63) is 41.7 Å². The molecule has 0 unspecified atom stereocenters. The fourth-order valence-electron chi connectivity index (χ4n) is 1.46. The van der Waals surface area contributed by atoms with Crippen LogP contribution in [-0.2, 0) is 6.54 Å². The lowest BCUT2D eigenvalue weighted by atomic mass is 10.2. The molecule has 1 heterocycles. The first kappa shape index (κ1) is 9.71. The van der Waals surface area contributed by atoms with Gasteiger partial charge in [0.1, 0.15) is 5.82 Å². The van der Waals surface area contributed by atoms with E-state index in [4.69, 9.17) is 4.74 Å². The molecule has 0 amide bonds. The van der Waals surface area contributed by atoms with Crippen molar-refractivity contribution in [1.82, 2.24) is 14.8 Å². The molecule has 0 atom stereocenters. The van der Waals surface area contributed by atoms with Crippen molar-refractivity contribution in [1.29, 1.82) is 0 Å². The zero-order valence-corrected chi connectivity index (χ0v) is 8.84. The van der Waals surface area contributed by atoms with E-state index in [1.165, 1.54) is 5.56 Å². The lowest BCUT2D eigenvalue weighted by Gasteiger charge is -2.06. The molecule has 15 heavy (non-hydrogen) atoms. The first-order valence-corrected chi connectivity index (χ1v) is 4.79. The predicted octanol–water partition coefficient (Wildman–Crippen LogP) is 1.64. The van der Waals surface area contributed by atoms with Gasteiger partial charge in [-0.1, -0.05) is 35.4 Å². The van der Waals surface area contributed by atoms with Crippen LogP contribution >= 0.6 is 0 Å². The predicted molar refractivity (Wildman–Crippen MR) is 56.9 cm³/mol. The van der Waals surface area contributed by atoms with Crippen LogP contribution in [0.4, 0.5) is 0 Å². The fraction of sp³-hybridized carbons (Fsp3) is 0.273. The van der Waals surface area contributed by atoms with E-state index in [0.29, 0.717) is 6.01 Å². The van der Waals surface area contributed by atoms with E-state index in [-0.39, 0.29) is 0 Å². The lowest BCUT2D eigenvalue weighted by Crippen LogP contribution is -2.04. The highest BCUT2D eigenvalue weighted by molar-refractivity contribution is 5.16. The van der Waals surface area contributed by atoms with Gasteiger partial charge in [0.2, 0.25) is 0 Å². The van der Waals surface area contributed by atoms with Gasteiger partial charge in [0, 0.05) is 0 Å². The third kappa shape index (κ3) is 1.98. The van der Waals surface area contributed by atoms with Crippen molar-refractivity contribution in [3.63, 3.8) is 0 Å². The normalized spacial score (nSPS) is 10.3. The minimum Gasteiger partial charge on any atom is -0.467 e. The monoisotopic (exact) mass is 203 g/mol. The van der Waals surface area contributed by atoms with Crippen LogP contribution in [0.15, 0.2) is 30.3 Å². The standard InChI is InChI=1S/C11H13N3O/c1-9-12-13-11(15-2)14(9)8-10-6-4-3-5-7-10/h3-7H,8H2,1-2H3. The van der Waals surface area contributed by atoms with Gasteiger partial charge in [-0.25, -0.2) is 0 Å². The van der Waals surface area contributed by atoms with Crippen LogP contribution < -0.4 is 4.74 Å². The molecule has 2 aromatic rings. The van der Waals surface area contributed by atoms with Gasteiger partial charge in [-0.3, -0.25) is 4.57 Å². The van der Waals surface area contributed by atoms with E-state index in [9.17, 15) is 0 Å². The minimum atomic E-state index is 0.552. The summed E-state index contributed by atoms with van der Waals surface area (Å²) in [4.78, 5) is 0. The molecular weight excluding hydrogens is 190 g/mol. The van der Waals surface area contributed by atoms with Crippen LogP contribution in [0.25, 0.3) is 0 Å². The number of aryl methyl sites for hydroxylation is 1. The van der Waals surface area contributed by atoms with Crippen LogP contribution in [-0.4, -0.2) is 21.9 Å². The maximum Gasteiger partial charge on any atom is 0.316 e. The number of ether oxygens (including phenoxy) is 1. The third-order valence-electron chi connectivity index (χ3n) is 2.27. The van der Waals surface area contributed by atoms with Gasteiger partial charge >= 0.3 is 6.01 Å². The highest BCUT2D eigenvalue weighted by Crippen LogP contribution is 2.12. The number of hydrogen-bond acceptors (Lipinski definition) is 3. The summed E-state index contributed by atoms with van der Waals surface area (Å²) in [6, 6.07) is 10.7. The van der Waals surface area contributed by atoms with Crippen LogP contribution in [0, 0.1) is 6.92 Å². The molecule has 0 saturated heterocycles. The molecule has 0 saturated carbocycles. The smallest absolute Gasteiger partial charge is 0.316 e. The van der Waals surface area contributed by atoms with Gasteiger partial charge in [-0.2, -0.15) is 0 Å². The van der Waals surface area contributed by atoms with E-state index in [0.717, 1.165) is 12.4 Å². The van der Waals surface area contributed by atoms with Crippen LogP contribution in [0.3, 0.4) is 0 Å². The van der Waals surface area contributed by atoms with E-state index in [2.05, 4.69) is 22.3 Å². The Morgan fingerprint density at radius 2 is 1.93 bits per heavy atom. The highest BCUT2D eigenvalue weighted by Gasteiger charge is 2.08. The molecule has 4 nitrogen and oxygen atoms in total. The summed E-state index contributed by atoms with van der Waals surface area (Å²) in [5.41, 5.74) is 1.21. The topological polar surface area (TPSA) is 39.9 Å². The molecule has 0 aliphatic carbocycles. The molecule has 0 fully saturated rings. The maximum atomic E-state index is 5.13. The summed E-state index contributed by atoms with van der Waals surface area (Å²) >= 11 is 0. The van der Waals surface area contributed by atoms with Crippen LogP contribution in [0.5, 0.6) is 6.01 Å². The summed E-state index contributed by atoms with van der Waals surface area (Å²) in [6.07, 6.45) is 0. The summed E-state index contributed by atoms with van der Waals surface area (Å²) in [5, 5.41) is 7.89. The minimum absolute atomic E-state index is 0.552. The van der Waals surface area contributed by atoms with Gasteiger partial charge in [0.25, 0.3) is 0 Å². The third-order valence-corrected chi connectivity index (χ3v) is 2.27. The van der Waals surface area contributed by atoms with Gasteiger partial charge < -0.3 is 4.74 Å². The molecule has 0 aliphatic heterocycles. The molecule has 0 radical (unpaired) electrons. The van der Waals surface area contributed by atoms with Gasteiger partial charge in [-0.05, 0) is 12.5 Å². The fourth-order valence-corrected chi connectivity index (χ4v) is 1.46. The molecule has 4 heteroatoms. The van der Waals surface area contributed by atoms with Gasteiger partial charge in [0.05, 0.1) is 13.7 Å². The first-order valence-electron chi connectivity index (χ1n) is 4.79. The lowest BCUT2D eigenvalue weighted by molar-refractivity contribution is 0.359. The number of hydrogen-bond donors (Lipinski definition) is 0. The van der Waals surface area contributed by atoms with E-state index in [1.54, 1.807) is 7.11 Å². The number of nitrogens with zero attached hydrogens (tertiary/aromatic N) is 3. The van der Waals surface area contributed by atoms with Crippen molar-refractivity contribution >= 4 is 0 Å². The number of methoxy groups -OCH3 is 1. The molecule has 1 aromatic heterocycles. The summed E-state index contributed by atoms with van der Waals surface area (Å²) in [6.45, 7) is 2.65. The molecule has 0 N–H and O–H groups in total. The Morgan fingerprint density at radius 3 is 2.60 bits per heavy atom. The summed E-state index contributed by atoms with van der Waals surface area (Å²) < 4.78 is 7.07. The average molecular weight is 203 g/mol. The second-order valence-corrected chi connectivity index (χ2v) is 3.31. The molecule has 0 bridgehead atoms. The number of aromatic nitrogens is 3. The molecule has 0 aliphatic rings. The Morgan fingerprint density at radius 1 is 1.20 bits per heavy atom. The number of benzene rings is 1. The van der Waals surface area contributed by atoms with Crippen LogP contribution in [0.1, 0.15) is 11.4 Å². The Bertz CT molecular complexity index is 436. The molecule has 1 aromatic carbocycles. The SMILES string of the molecule is COc1nnc(C)n1Cc1ccccc1. The second-order valence-electron chi connectivity index (χ2n) is 3.31. The zero-order valence-electron chi connectivity index (χ0n) is 8.84. The van der Waals surface area contributed by atoms with Crippen molar-refractivity contribution in [2.75, 3.05) is 7.11 Å². The molecular formula is C11H13N3O. The average Bonchev–Trinajstić information content (AvgIpc) is 2.62. The molecule has 78 valence electrons. The van der Waals surface area contributed by atoms with Crippen LogP contribution in [0.2, 0.25) is 0 Å². The van der Waals surface area contributed by atoms with Gasteiger partial charge in [0.15, 0.2) is 0 Å². The Kier molecular flexibility index (Phi) is 2.67. The van der Waals surface area contributed by atoms with E-state index < -0.39 is 0 Å². The zero-order chi connectivity index (χ0) is 10.7. The molecule has 0 spiro atoms. The van der Waals surface area contributed by atoms with E-state index >= 15 is 0 Å². The van der Waals surface area contributed by atoms with Crippen molar-refractivity contribution < 1.29 is 4.74 Å². The molecule has 2 rings (SSSR count). The maximum absolute atomic E-state index is 5.13.